The zero-order valence-corrected chi connectivity index (χ0v) is 21.4. The van der Waals surface area contributed by atoms with Crippen LogP contribution in [0.4, 0.5) is 19.0 Å². The molecule has 1 aliphatic rings. The fraction of sp³-hybridized carbons (Fsp3) is 0.286. The van der Waals surface area contributed by atoms with Crippen molar-refractivity contribution >= 4 is 22.8 Å². The van der Waals surface area contributed by atoms with E-state index in [1.807, 2.05) is 24.9 Å². The van der Waals surface area contributed by atoms with E-state index in [1.165, 1.54) is 18.3 Å². The number of anilines is 1. The van der Waals surface area contributed by atoms with Gasteiger partial charge in [-0.15, -0.1) is 0 Å². The monoisotopic (exact) mass is 533 g/mol. The maximum Gasteiger partial charge on any atom is 0.416 e. The fourth-order valence-corrected chi connectivity index (χ4v) is 4.36. The summed E-state index contributed by atoms with van der Waals surface area (Å²) in [6, 6.07) is 8.83. The SMILES string of the molecule is Cc1[nH]nc2ncc(C#Cc3ccnc(NC(=O)c4ccc(CN5CCN(C)CC5)c(C(F)(F)F)c4)c3)cc12. The average Bonchev–Trinajstić information content (AvgIpc) is 3.28. The van der Waals surface area contributed by atoms with Crippen LogP contribution >= 0.6 is 0 Å². The summed E-state index contributed by atoms with van der Waals surface area (Å²) in [4.78, 5) is 25.4. The van der Waals surface area contributed by atoms with E-state index >= 15 is 0 Å². The minimum absolute atomic E-state index is 0.0994. The van der Waals surface area contributed by atoms with Crippen molar-refractivity contribution in [3.05, 3.63) is 82.3 Å². The molecule has 5 rings (SSSR count). The highest BCUT2D eigenvalue weighted by Crippen LogP contribution is 2.33. The Morgan fingerprint density at radius 3 is 2.59 bits per heavy atom. The molecule has 0 bridgehead atoms. The second-order valence-corrected chi connectivity index (χ2v) is 9.53. The van der Waals surface area contributed by atoms with Crippen LogP contribution in [0, 0.1) is 18.8 Å². The number of carbonyl (C=O) groups excluding carboxylic acids is 1. The molecule has 8 nitrogen and oxygen atoms in total. The molecule has 4 aromatic rings. The van der Waals surface area contributed by atoms with E-state index in [-0.39, 0.29) is 23.5 Å². The summed E-state index contributed by atoms with van der Waals surface area (Å²) < 4.78 is 41.7. The Morgan fingerprint density at radius 1 is 1.05 bits per heavy atom. The predicted octanol–water partition coefficient (Wildman–Crippen LogP) is 4.08. The van der Waals surface area contributed by atoms with Gasteiger partial charge in [0.05, 0.1) is 5.56 Å². The summed E-state index contributed by atoms with van der Waals surface area (Å²) in [7, 11) is 1.99. The van der Waals surface area contributed by atoms with Gasteiger partial charge >= 0.3 is 6.18 Å². The highest BCUT2D eigenvalue weighted by atomic mass is 19.4. The number of alkyl halides is 3. The van der Waals surface area contributed by atoms with E-state index in [0.717, 1.165) is 30.2 Å². The standard InChI is InChI=1S/C28H26F3N7O/c1-18-23-13-20(16-33-26(23)36-35-18)4-3-19-7-8-32-25(14-19)34-27(39)21-5-6-22(24(15-21)28(29,30)31)17-38-11-9-37(2)10-12-38/h5-8,13-16H,9-12,17H2,1-2H3,(H,32,34,39)(H,33,35,36). The fourth-order valence-electron chi connectivity index (χ4n) is 4.36. The Labute approximate surface area is 223 Å². The number of H-pyrrole nitrogens is 1. The number of aromatic nitrogens is 4. The molecule has 1 amide bonds. The van der Waals surface area contributed by atoms with Gasteiger partial charge in [-0.05, 0) is 49.9 Å². The van der Waals surface area contributed by atoms with Crippen LogP contribution in [0.3, 0.4) is 0 Å². The van der Waals surface area contributed by atoms with E-state index in [9.17, 15) is 18.0 Å². The molecule has 11 heteroatoms. The van der Waals surface area contributed by atoms with Crippen molar-refractivity contribution in [2.75, 3.05) is 38.5 Å². The van der Waals surface area contributed by atoms with Gasteiger partial charge in [-0.2, -0.15) is 18.3 Å². The lowest BCUT2D eigenvalue weighted by Crippen LogP contribution is -2.44. The summed E-state index contributed by atoms with van der Waals surface area (Å²) in [5.74, 6) is 5.52. The Balaban J connectivity index is 1.31. The van der Waals surface area contributed by atoms with Crippen LogP contribution in [0.1, 0.15) is 38.3 Å². The van der Waals surface area contributed by atoms with E-state index in [4.69, 9.17) is 0 Å². The molecule has 2 N–H and O–H groups in total. The summed E-state index contributed by atoms with van der Waals surface area (Å²) in [5.41, 5.74) is 1.99. The molecule has 3 aromatic heterocycles. The molecule has 1 saturated heterocycles. The smallest absolute Gasteiger partial charge is 0.307 e. The number of likely N-dealkylation sites (N-methyl/N-ethyl adjacent to an activating group) is 1. The predicted molar refractivity (Wildman–Crippen MR) is 141 cm³/mol. The molecule has 0 spiro atoms. The molecule has 0 aliphatic carbocycles. The third-order valence-corrected chi connectivity index (χ3v) is 6.62. The Kier molecular flexibility index (Phi) is 7.32. The van der Waals surface area contributed by atoms with Crippen LogP contribution in [0.25, 0.3) is 11.0 Å². The number of nitrogens with zero attached hydrogens (tertiary/aromatic N) is 5. The highest BCUT2D eigenvalue weighted by Gasteiger charge is 2.34. The number of hydrogen-bond donors (Lipinski definition) is 2. The number of pyridine rings is 2. The number of benzene rings is 1. The lowest BCUT2D eigenvalue weighted by Gasteiger charge is -2.33. The first-order valence-corrected chi connectivity index (χ1v) is 12.4. The quantitative estimate of drug-likeness (QED) is 0.385. The molecule has 0 saturated carbocycles. The second kappa shape index (κ2) is 10.8. The zero-order valence-electron chi connectivity index (χ0n) is 21.4. The van der Waals surface area contributed by atoms with Gasteiger partial charge in [0.25, 0.3) is 5.91 Å². The van der Waals surface area contributed by atoms with Gasteiger partial charge in [0.1, 0.15) is 5.82 Å². The van der Waals surface area contributed by atoms with Crippen LogP contribution in [0.15, 0.2) is 48.8 Å². The van der Waals surface area contributed by atoms with Crippen molar-refractivity contribution < 1.29 is 18.0 Å². The number of nitrogens with one attached hydrogen (secondary N) is 2. The highest BCUT2D eigenvalue weighted by molar-refractivity contribution is 6.04. The summed E-state index contributed by atoms with van der Waals surface area (Å²) in [6.07, 6.45) is -1.49. The van der Waals surface area contributed by atoms with Crippen molar-refractivity contribution in [2.24, 2.45) is 0 Å². The normalized spacial score (nSPS) is 14.7. The number of hydrogen-bond acceptors (Lipinski definition) is 6. The largest absolute Gasteiger partial charge is 0.416 e. The van der Waals surface area contributed by atoms with Crippen LogP contribution in [0.5, 0.6) is 0 Å². The third-order valence-electron chi connectivity index (χ3n) is 6.62. The van der Waals surface area contributed by atoms with Gasteiger partial charge in [0.15, 0.2) is 5.65 Å². The van der Waals surface area contributed by atoms with E-state index in [2.05, 4.69) is 42.2 Å². The van der Waals surface area contributed by atoms with Crippen molar-refractivity contribution in [1.82, 2.24) is 30.0 Å². The van der Waals surface area contributed by atoms with E-state index in [0.29, 0.717) is 29.9 Å². The first kappa shape index (κ1) is 26.3. The van der Waals surface area contributed by atoms with E-state index < -0.39 is 17.6 Å². The van der Waals surface area contributed by atoms with Crippen molar-refractivity contribution in [3.8, 4) is 11.8 Å². The molecule has 1 aromatic carbocycles. The van der Waals surface area contributed by atoms with Crippen LogP contribution in [0.2, 0.25) is 0 Å². The summed E-state index contributed by atoms with van der Waals surface area (Å²) in [6.45, 7) is 5.05. The Hall–Kier alpha value is -4.27. The van der Waals surface area contributed by atoms with Crippen LogP contribution < -0.4 is 5.32 Å². The number of aryl methyl sites for hydroxylation is 1. The lowest BCUT2D eigenvalue weighted by atomic mass is 10.0. The van der Waals surface area contributed by atoms with Crippen molar-refractivity contribution in [2.45, 2.75) is 19.6 Å². The van der Waals surface area contributed by atoms with Crippen LogP contribution in [-0.2, 0) is 12.7 Å². The molecule has 200 valence electrons. The Bertz CT molecular complexity index is 1580. The number of aromatic amines is 1. The van der Waals surface area contributed by atoms with Crippen LogP contribution in [-0.4, -0.2) is 69.1 Å². The number of halogens is 3. The number of amides is 1. The van der Waals surface area contributed by atoms with Crippen molar-refractivity contribution in [3.63, 3.8) is 0 Å². The zero-order chi connectivity index (χ0) is 27.6. The van der Waals surface area contributed by atoms with Gasteiger partial charge in [0, 0.05) is 72.9 Å². The first-order valence-electron chi connectivity index (χ1n) is 12.4. The van der Waals surface area contributed by atoms with Gasteiger partial charge in [-0.3, -0.25) is 14.8 Å². The summed E-state index contributed by atoms with van der Waals surface area (Å²) in [5, 5.41) is 10.4. The third kappa shape index (κ3) is 6.25. The van der Waals surface area contributed by atoms with Crippen molar-refractivity contribution in [1.29, 1.82) is 0 Å². The maximum absolute atomic E-state index is 13.9. The molecule has 1 aliphatic heterocycles. The average molecular weight is 534 g/mol. The van der Waals surface area contributed by atoms with Gasteiger partial charge in [-0.1, -0.05) is 17.9 Å². The van der Waals surface area contributed by atoms with Gasteiger partial charge in [-0.25, -0.2) is 9.97 Å². The maximum atomic E-state index is 13.9. The molecule has 0 unspecified atom stereocenters. The minimum Gasteiger partial charge on any atom is -0.307 e. The minimum atomic E-state index is -4.58. The summed E-state index contributed by atoms with van der Waals surface area (Å²) >= 11 is 0. The van der Waals surface area contributed by atoms with Gasteiger partial charge < -0.3 is 10.2 Å². The second-order valence-electron chi connectivity index (χ2n) is 9.53. The molecule has 4 heterocycles. The van der Waals surface area contributed by atoms with Gasteiger partial charge in [0.2, 0.25) is 0 Å². The molecular formula is C28H26F3N7O. The van der Waals surface area contributed by atoms with E-state index in [1.54, 1.807) is 18.3 Å². The topological polar surface area (TPSA) is 90.0 Å². The number of carbonyl (C=O) groups is 1. The molecule has 39 heavy (non-hydrogen) atoms. The number of fused-ring (bicyclic) bond motifs is 1. The first-order chi connectivity index (χ1) is 18.7. The molecule has 0 radical (unpaired) electrons. The number of piperazine rings is 1. The molecule has 1 fully saturated rings. The number of rotatable bonds is 4. The molecule has 0 atom stereocenters. The Morgan fingerprint density at radius 2 is 1.82 bits per heavy atom. The molecular weight excluding hydrogens is 507 g/mol. The lowest BCUT2D eigenvalue weighted by molar-refractivity contribution is -0.138.